The van der Waals surface area contributed by atoms with E-state index in [1.54, 1.807) is 4.52 Å². The van der Waals surface area contributed by atoms with Gasteiger partial charge in [-0.15, -0.1) is 0 Å². The van der Waals surface area contributed by atoms with Crippen LogP contribution in [0.2, 0.25) is 0 Å². The van der Waals surface area contributed by atoms with E-state index in [1.165, 1.54) is 12.0 Å². The average Bonchev–Trinajstić information content (AvgIpc) is 3.24. The maximum atomic E-state index is 4.57. The summed E-state index contributed by atoms with van der Waals surface area (Å²) in [4.78, 5) is 12.9. The van der Waals surface area contributed by atoms with Gasteiger partial charge in [0.05, 0.1) is 12.0 Å². The fourth-order valence-electron chi connectivity index (χ4n) is 2.64. The number of nitrogens with one attached hydrogen (secondary N) is 1. The van der Waals surface area contributed by atoms with Gasteiger partial charge >= 0.3 is 0 Å². The van der Waals surface area contributed by atoms with E-state index < -0.39 is 0 Å². The Morgan fingerprint density at radius 1 is 1.17 bits per heavy atom. The van der Waals surface area contributed by atoms with Crippen molar-refractivity contribution in [3.05, 3.63) is 60.9 Å². The van der Waals surface area contributed by atoms with Gasteiger partial charge in [-0.05, 0) is 0 Å². The molecule has 0 spiro atoms. The van der Waals surface area contributed by atoms with Crippen LogP contribution < -0.4 is 5.32 Å². The number of nitrogens with zero attached hydrogens (tertiary/aromatic N) is 6. The van der Waals surface area contributed by atoms with Crippen molar-refractivity contribution in [3.8, 4) is 11.3 Å². The summed E-state index contributed by atoms with van der Waals surface area (Å²) in [6.07, 6.45) is 6.08. The highest BCUT2D eigenvalue weighted by molar-refractivity contribution is 5.65. The minimum absolute atomic E-state index is 0.583. The molecule has 0 saturated carbocycles. The molecule has 3 aromatic heterocycles. The van der Waals surface area contributed by atoms with E-state index >= 15 is 0 Å². The second kappa shape index (κ2) is 6.11. The molecule has 0 radical (unpaired) electrons. The Hall–Kier alpha value is -3.22. The minimum Gasteiger partial charge on any atom is -0.369 e. The Morgan fingerprint density at radius 3 is 2.83 bits per heavy atom. The quantitative estimate of drug-likeness (QED) is 0.610. The third-order valence-corrected chi connectivity index (χ3v) is 3.93. The summed E-state index contributed by atoms with van der Waals surface area (Å²) < 4.78 is 3.74. The second-order valence-electron chi connectivity index (χ2n) is 5.54. The van der Waals surface area contributed by atoms with E-state index in [1.807, 2.05) is 60.5 Å². The Bertz CT molecular complexity index is 955. The fourth-order valence-corrected chi connectivity index (χ4v) is 2.64. The second-order valence-corrected chi connectivity index (χ2v) is 5.54. The number of fused-ring (bicyclic) bond motifs is 1. The molecule has 7 nitrogen and oxygen atoms in total. The fraction of sp³-hybridized carbons (Fsp3) is 0.176. The lowest BCUT2D eigenvalue weighted by Crippen LogP contribution is -2.11. The molecule has 1 N–H and O–H groups in total. The molecule has 0 aliphatic rings. The van der Waals surface area contributed by atoms with Crippen LogP contribution in [-0.4, -0.2) is 35.7 Å². The summed E-state index contributed by atoms with van der Waals surface area (Å²) in [5.41, 5.74) is 3.10. The van der Waals surface area contributed by atoms with Gasteiger partial charge in [-0.25, -0.2) is 9.97 Å². The minimum atomic E-state index is 0.583. The normalized spacial score (nSPS) is 11.0. The van der Waals surface area contributed by atoms with Crippen LogP contribution in [0.3, 0.4) is 0 Å². The van der Waals surface area contributed by atoms with Crippen LogP contribution in [0, 0.1) is 0 Å². The Kier molecular flexibility index (Phi) is 3.66. The maximum absolute atomic E-state index is 4.57. The van der Waals surface area contributed by atoms with Crippen LogP contribution in [-0.2, 0) is 13.5 Å². The molecular formula is C17H17N7. The van der Waals surface area contributed by atoms with Crippen molar-refractivity contribution in [3.63, 3.8) is 0 Å². The van der Waals surface area contributed by atoms with Gasteiger partial charge in [0.1, 0.15) is 12.1 Å². The first-order valence-electron chi connectivity index (χ1n) is 7.76. The molecule has 0 aliphatic carbocycles. The number of benzene rings is 1. The molecule has 0 bridgehead atoms. The van der Waals surface area contributed by atoms with E-state index in [-0.39, 0.29) is 0 Å². The van der Waals surface area contributed by atoms with Crippen molar-refractivity contribution in [2.24, 2.45) is 7.05 Å². The number of hydrogen-bond acceptors (Lipinski definition) is 5. The molecule has 0 amide bonds. The molecule has 4 aromatic rings. The third-order valence-electron chi connectivity index (χ3n) is 3.93. The summed E-state index contributed by atoms with van der Waals surface area (Å²) in [6, 6.07) is 12.1. The highest BCUT2D eigenvalue weighted by Gasteiger charge is 2.09. The number of rotatable bonds is 5. The number of aryl methyl sites for hydroxylation is 1. The van der Waals surface area contributed by atoms with E-state index in [0.717, 1.165) is 30.0 Å². The molecule has 4 rings (SSSR count). The Labute approximate surface area is 139 Å². The first kappa shape index (κ1) is 14.4. The van der Waals surface area contributed by atoms with E-state index in [9.17, 15) is 0 Å². The van der Waals surface area contributed by atoms with Crippen LogP contribution >= 0.6 is 0 Å². The van der Waals surface area contributed by atoms with Gasteiger partial charge in [0.25, 0.3) is 5.78 Å². The van der Waals surface area contributed by atoms with Gasteiger partial charge in [0.2, 0.25) is 0 Å². The van der Waals surface area contributed by atoms with Crippen LogP contribution in [0.4, 0.5) is 5.82 Å². The first-order chi connectivity index (χ1) is 11.8. The topological polar surface area (TPSA) is 72.9 Å². The van der Waals surface area contributed by atoms with Gasteiger partial charge in [-0.2, -0.15) is 14.6 Å². The zero-order chi connectivity index (χ0) is 16.4. The lowest BCUT2D eigenvalue weighted by atomic mass is 10.1. The summed E-state index contributed by atoms with van der Waals surface area (Å²) in [6.45, 7) is 0.771. The van der Waals surface area contributed by atoms with Crippen molar-refractivity contribution in [1.82, 2.24) is 29.1 Å². The number of anilines is 1. The summed E-state index contributed by atoms with van der Waals surface area (Å²) in [5.74, 6) is 1.46. The van der Waals surface area contributed by atoms with E-state index in [2.05, 4.69) is 25.4 Å². The summed E-state index contributed by atoms with van der Waals surface area (Å²) in [5, 5.41) is 7.68. The number of imidazole rings is 1. The largest absolute Gasteiger partial charge is 0.369 e. The number of aromatic nitrogens is 6. The van der Waals surface area contributed by atoms with E-state index in [0.29, 0.717) is 5.78 Å². The predicted octanol–water partition coefficient (Wildman–Crippen LogP) is 2.18. The van der Waals surface area contributed by atoms with Crippen molar-refractivity contribution >= 4 is 11.6 Å². The smallest absolute Gasteiger partial charge is 0.254 e. The standard InChI is InChI=1S/C17H17N7/c1-23-12-18-10-14(23)7-8-19-16-9-15(13-5-3-2-4-6-13)22-17-20-11-21-24(16)17/h2-6,9-12,19H,7-8H2,1H3. The zero-order valence-electron chi connectivity index (χ0n) is 13.3. The van der Waals surface area contributed by atoms with Gasteiger partial charge in [-0.1, -0.05) is 30.3 Å². The van der Waals surface area contributed by atoms with Gasteiger partial charge in [0, 0.05) is 43.5 Å². The molecular weight excluding hydrogens is 302 g/mol. The highest BCUT2D eigenvalue weighted by atomic mass is 15.3. The molecule has 0 fully saturated rings. The maximum Gasteiger partial charge on any atom is 0.254 e. The lowest BCUT2D eigenvalue weighted by Gasteiger charge is -2.10. The third kappa shape index (κ3) is 2.71. The van der Waals surface area contributed by atoms with Crippen molar-refractivity contribution < 1.29 is 0 Å². The van der Waals surface area contributed by atoms with Crippen LogP contribution in [0.1, 0.15) is 5.69 Å². The SMILES string of the molecule is Cn1cncc1CCNc1cc(-c2ccccc2)nc2ncnn12. The summed E-state index contributed by atoms with van der Waals surface area (Å²) in [7, 11) is 2.00. The Morgan fingerprint density at radius 2 is 2.04 bits per heavy atom. The van der Waals surface area contributed by atoms with Gasteiger partial charge in [-0.3, -0.25) is 0 Å². The molecule has 0 unspecified atom stereocenters. The molecule has 24 heavy (non-hydrogen) atoms. The predicted molar refractivity (Wildman–Crippen MR) is 91.6 cm³/mol. The van der Waals surface area contributed by atoms with Gasteiger partial charge < -0.3 is 9.88 Å². The molecule has 7 heteroatoms. The lowest BCUT2D eigenvalue weighted by molar-refractivity contribution is 0.811. The van der Waals surface area contributed by atoms with Crippen LogP contribution in [0.5, 0.6) is 0 Å². The molecule has 3 heterocycles. The molecule has 120 valence electrons. The van der Waals surface area contributed by atoms with Crippen molar-refractivity contribution in [2.45, 2.75) is 6.42 Å². The first-order valence-corrected chi connectivity index (χ1v) is 7.76. The molecule has 0 atom stereocenters. The van der Waals surface area contributed by atoms with Crippen molar-refractivity contribution in [2.75, 3.05) is 11.9 Å². The number of hydrogen-bond donors (Lipinski definition) is 1. The van der Waals surface area contributed by atoms with E-state index in [4.69, 9.17) is 0 Å². The van der Waals surface area contributed by atoms with Crippen LogP contribution in [0.15, 0.2) is 55.2 Å². The van der Waals surface area contributed by atoms with Crippen molar-refractivity contribution in [1.29, 1.82) is 0 Å². The van der Waals surface area contributed by atoms with Gasteiger partial charge in [0.15, 0.2) is 0 Å². The molecule has 0 saturated heterocycles. The monoisotopic (exact) mass is 319 g/mol. The zero-order valence-corrected chi connectivity index (χ0v) is 13.3. The highest BCUT2D eigenvalue weighted by Crippen LogP contribution is 2.21. The summed E-state index contributed by atoms with van der Waals surface area (Å²) >= 11 is 0. The Balaban J connectivity index is 1.62. The molecule has 0 aliphatic heterocycles. The average molecular weight is 319 g/mol. The van der Waals surface area contributed by atoms with Crippen LogP contribution in [0.25, 0.3) is 17.0 Å². The molecule has 1 aromatic carbocycles.